The molecular weight excluding hydrogens is 649 g/mol. The Hall–Kier alpha value is -0.760. The van der Waals surface area contributed by atoms with Crippen molar-refractivity contribution in [3.8, 4) is 0 Å². The molecule has 2 atom stereocenters. The van der Waals surface area contributed by atoms with E-state index in [2.05, 4.69) is 26.0 Å². The number of hydrogen-bond donors (Lipinski definition) is 2. The van der Waals surface area contributed by atoms with Crippen LogP contribution in [0, 0.1) is 0 Å². The molecule has 0 radical (unpaired) electrons. The average Bonchev–Trinajstić information content (AvgIpc) is 3.10. The number of phosphoric acid groups is 1. The maximum Gasteiger partial charge on any atom is 0.472 e. The van der Waals surface area contributed by atoms with E-state index in [0.717, 1.165) is 44.9 Å². The van der Waals surface area contributed by atoms with Crippen LogP contribution in [-0.4, -0.2) is 49.9 Å². The zero-order valence-electron chi connectivity index (χ0n) is 32.9. The fourth-order valence-electron chi connectivity index (χ4n) is 6.05. The highest BCUT2D eigenvalue weighted by Gasteiger charge is 2.25. The van der Waals surface area contributed by atoms with Crippen molar-refractivity contribution in [2.75, 3.05) is 33.0 Å². The van der Waals surface area contributed by atoms with Gasteiger partial charge in [-0.25, -0.2) is 4.57 Å². The van der Waals surface area contributed by atoms with Crippen LogP contribution in [0.5, 0.6) is 0 Å². The number of carbonyl (C=O) groups is 1. The first-order valence-electron chi connectivity index (χ1n) is 21.2. The van der Waals surface area contributed by atoms with Crippen molar-refractivity contribution in [3.05, 3.63) is 12.2 Å². The summed E-state index contributed by atoms with van der Waals surface area (Å²) in [6.07, 6.45) is 40.8. The van der Waals surface area contributed by atoms with E-state index >= 15 is 0 Å². The molecular formula is C41H82NO7P. The van der Waals surface area contributed by atoms with Crippen LogP contribution in [0.15, 0.2) is 12.2 Å². The third-order valence-electron chi connectivity index (χ3n) is 9.18. The number of ether oxygens (including phenoxy) is 2. The van der Waals surface area contributed by atoms with Gasteiger partial charge in [-0.2, -0.15) is 0 Å². The lowest BCUT2D eigenvalue weighted by Gasteiger charge is -2.20. The molecule has 0 aliphatic rings. The van der Waals surface area contributed by atoms with Crippen LogP contribution in [-0.2, 0) is 27.9 Å². The lowest BCUT2D eigenvalue weighted by molar-refractivity contribution is -0.154. The maximum atomic E-state index is 12.6. The van der Waals surface area contributed by atoms with Gasteiger partial charge < -0.3 is 20.1 Å². The minimum atomic E-state index is -4.27. The molecule has 0 amide bonds. The van der Waals surface area contributed by atoms with Gasteiger partial charge in [0.15, 0.2) is 0 Å². The smallest absolute Gasteiger partial charge is 0.457 e. The second-order valence-corrected chi connectivity index (χ2v) is 15.7. The fraction of sp³-hybridized carbons (Fsp3) is 0.927. The average molecular weight is 732 g/mol. The first kappa shape index (κ1) is 49.2. The van der Waals surface area contributed by atoms with E-state index in [9.17, 15) is 14.3 Å². The number of phosphoric ester groups is 1. The quantitative estimate of drug-likeness (QED) is 0.0276. The first-order valence-corrected chi connectivity index (χ1v) is 22.7. The minimum Gasteiger partial charge on any atom is -0.457 e. The highest BCUT2D eigenvalue weighted by atomic mass is 31.2. The third kappa shape index (κ3) is 38.5. The van der Waals surface area contributed by atoms with Crippen molar-refractivity contribution in [1.29, 1.82) is 0 Å². The Kier molecular flexibility index (Phi) is 38.8. The largest absolute Gasteiger partial charge is 0.472 e. The van der Waals surface area contributed by atoms with E-state index in [4.69, 9.17) is 24.3 Å². The van der Waals surface area contributed by atoms with E-state index in [1.807, 2.05) is 0 Å². The number of nitrogens with two attached hydrogens (primary N) is 1. The summed E-state index contributed by atoms with van der Waals surface area (Å²) in [4.78, 5) is 22.4. The second-order valence-electron chi connectivity index (χ2n) is 14.2. The third-order valence-corrected chi connectivity index (χ3v) is 10.2. The Morgan fingerprint density at radius 2 is 1.00 bits per heavy atom. The lowest BCUT2D eigenvalue weighted by atomic mass is 10.0. The summed E-state index contributed by atoms with van der Waals surface area (Å²) < 4.78 is 33.4. The summed E-state index contributed by atoms with van der Waals surface area (Å²) in [6, 6.07) is 0. The molecule has 0 aliphatic heterocycles. The highest BCUT2D eigenvalue weighted by Crippen LogP contribution is 2.43. The van der Waals surface area contributed by atoms with Gasteiger partial charge in [0.25, 0.3) is 0 Å². The molecule has 0 saturated heterocycles. The number of rotatable bonds is 41. The van der Waals surface area contributed by atoms with Crippen molar-refractivity contribution in [2.45, 2.75) is 213 Å². The van der Waals surface area contributed by atoms with Gasteiger partial charge in [0, 0.05) is 19.6 Å². The predicted molar refractivity (Wildman–Crippen MR) is 210 cm³/mol. The molecule has 0 saturated carbocycles. The summed E-state index contributed by atoms with van der Waals surface area (Å²) in [5.41, 5.74) is 5.36. The molecule has 0 rings (SSSR count). The molecule has 0 aromatic heterocycles. The van der Waals surface area contributed by atoms with E-state index in [1.165, 1.54) is 141 Å². The zero-order chi connectivity index (χ0) is 36.6. The molecule has 0 aliphatic carbocycles. The van der Waals surface area contributed by atoms with Gasteiger partial charge in [0.2, 0.25) is 0 Å². The van der Waals surface area contributed by atoms with Crippen molar-refractivity contribution < 1.29 is 32.8 Å². The Morgan fingerprint density at radius 1 is 0.580 bits per heavy atom. The van der Waals surface area contributed by atoms with Gasteiger partial charge in [-0.05, 0) is 38.5 Å². The van der Waals surface area contributed by atoms with Gasteiger partial charge in [-0.15, -0.1) is 0 Å². The molecule has 9 heteroatoms. The molecule has 0 spiro atoms. The Morgan fingerprint density at radius 3 is 1.46 bits per heavy atom. The monoisotopic (exact) mass is 732 g/mol. The van der Waals surface area contributed by atoms with E-state index in [1.54, 1.807) is 0 Å². The van der Waals surface area contributed by atoms with Gasteiger partial charge in [-0.3, -0.25) is 13.8 Å². The van der Waals surface area contributed by atoms with Gasteiger partial charge in [0.1, 0.15) is 6.10 Å². The van der Waals surface area contributed by atoms with E-state index < -0.39 is 13.9 Å². The first-order chi connectivity index (χ1) is 24.4. The van der Waals surface area contributed by atoms with Crippen molar-refractivity contribution in [2.24, 2.45) is 5.73 Å². The minimum absolute atomic E-state index is 0.0938. The van der Waals surface area contributed by atoms with Crippen LogP contribution in [0.1, 0.15) is 206 Å². The number of unbranched alkanes of at least 4 members (excludes halogenated alkanes) is 26. The standard InChI is InChI=1S/C41H82NO7P/c1-3-5-7-9-11-13-15-17-19-21-23-25-27-29-31-33-36-46-38-40(39-48-50(44,45)47-37-35-42)49-41(43)34-32-30-28-26-24-22-20-18-16-14-12-10-8-6-4-2/h18,20,40H,3-17,19,21-39,42H2,1-2H3,(H,44,45)/b20-18-/t40-/m1/s1. The summed E-state index contributed by atoms with van der Waals surface area (Å²) in [5, 5.41) is 0. The summed E-state index contributed by atoms with van der Waals surface area (Å²) in [6.45, 7) is 4.94. The van der Waals surface area contributed by atoms with Crippen LogP contribution >= 0.6 is 7.82 Å². The molecule has 0 aromatic rings. The number of carbonyl (C=O) groups excluding carboxylic acids is 1. The Labute approximate surface area is 309 Å². The highest BCUT2D eigenvalue weighted by molar-refractivity contribution is 7.47. The molecule has 0 fully saturated rings. The number of hydrogen-bond acceptors (Lipinski definition) is 7. The number of esters is 1. The van der Waals surface area contributed by atoms with Gasteiger partial charge in [-0.1, -0.05) is 174 Å². The lowest BCUT2D eigenvalue weighted by Crippen LogP contribution is -2.28. The molecule has 1 unspecified atom stereocenters. The normalized spacial score (nSPS) is 13.6. The molecule has 0 bridgehead atoms. The molecule has 8 nitrogen and oxygen atoms in total. The Balaban J connectivity index is 4.02. The van der Waals surface area contributed by atoms with Crippen LogP contribution in [0.25, 0.3) is 0 Å². The summed E-state index contributed by atoms with van der Waals surface area (Å²) in [5.74, 6) is -0.335. The zero-order valence-corrected chi connectivity index (χ0v) is 33.8. The maximum absolute atomic E-state index is 12.6. The van der Waals surface area contributed by atoms with Crippen molar-refractivity contribution >= 4 is 13.8 Å². The van der Waals surface area contributed by atoms with Crippen LogP contribution in [0.3, 0.4) is 0 Å². The van der Waals surface area contributed by atoms with Crippen LogP contribution in [0.4, 0.5) is 0 Å². The summed E-state index contributed by atoms with van der Waals surface area (Å²) >= 11 is 0. The molecule has 50 heavy (non-hydrogen) atoms. The van der Waals surface area contributed by atoms with Crippen molar-refractivity contribution in [3.63, 3.8) is 0 Å². The second kappa shape index (κ2) is 39.4. The van der Waals surface area contributed by atoms with Crippen molar-refractivity contribution in [1.82, 2.24) is 0 Å². The predicted octanol–water partition coefficient (Wildman–Crippen LogP) is 12.3. The fourth-order valence-corrected chi connectivity index (χ4v) is 6.82. The molecule has 0 aromatic carbocycles. The Bertz CT molecular complexity index is 782. The summed E-state index contributed by atoms with van der Waals surface area (Å²) in [7, 11) is -4.27. The van der Waals surface area contributed by atoms with Gasteiger partial charge >= 0.3 is 13.8 Å². The number of allylic oxidation sites excluding steroid dienone is 2. The topological polar surface area (TPSA) is 117 Å². The molecule has 0 heterocycles. The van der Waals surface area contributed by atoms with E-state index in [-0.39, 0.29) is 32.3 Å². The van der Waals surface area contributed by atoms with Gasteiger partial charge in [0.05, 0.1) is 19.8 Å². The molecule has 3 N–H and O–H groups in total. The molecule has 298 valence electrons. The SMILES string of the molecule is CCCCCCCC/C=C\CCCCCCCC(=O)O[C@H](COCCCCCCCCCCCCCCCCCC)COP(=O)(O)OCCN. The van der Waals surface area contributed by atoms with Crippen LogP contribution < -0.4 is 5.73 Å². The van der Waals surface area contributed by atoms with Crippen LogP contribution in [0.2, 0.25) is 0 Å². The van der Waals surface area contributed by atoms with E-state index in [0.29, 0.717) is 13.0 Å².